The fourth-order valence-corrected chi connectivity index (χ4v) is 4.38. The fraction of sp³-hybridized carbons (Fsp3) is 0.632. The number of ether oxygens (including phenoxy) is 1. The highest BCUT2D eigenvalue weighted by atomic mass is 19.4. The SMILES string of the molecule is O=C([O-])c1ccc(C(F)(F)F)c(OC2(C3CCCCC3)CCCC2)c1. The summed E-state index contributed by atoms with van der Waals surface area (Å²) in [6.07, 6.45) is 3.93. The maximum Gasteiger partial charge on any atom is 0.419 e. The average molecular weight is 355 g/mol. The first-order valence-corrected chi connectivity index (χ1v) is 8.93. The Morgan fingerprint density at radius 3 is 2.28 bits per heavy atom. The quantitative estimate of drug-likeness (QED) is 0.807. The normalized spacial score (nSPS) is 21.2. The predicted molar refractivity (Wildman–Crippen MR) is 84.2 cm³/mol. The Hall–Kier alpha value is -1.72. The number of rotatable bonds is 4. The van der Waals surface area contributed by atoms with E-state index in [0.29, 0.717) is 0 Å². The summed E-state index contributed by atoms with van der Waals surface area (Å²) in [5, 5.41) is 11.1. The van der Waals surface area contributed by atoms with E-state index in [-0.39, 0.29) is 17.2 Å². The van der Waals surface area contributed by atoms with Crippen molar-refractivity contribution in [2.75, 3.05) is 0 Å². The van der Waals surface area contributed by atoms with E-state index in [1.54, 1.807) is 0 Å². The Bertz CT molecular complexity index is 627. The van der Waals surface area contributed by atoms with Gasteiger partial charge in [0.2, 0.25) is 0 Å². The van der Waals surface area contributed by atoms with Gasteiger partial charge < -0.3 is 14.6 Å². The lowest BCUT2D eigenvalue weighted by Gasteiger charge is -2.40. The second-order valence-corrected chi connectivity index (χ2v) is 7.21. The van der Waals surface area contributed by atoms with Gasteiger partial charge in [-0.25, -0.2) is 0 Å². The Morgan fingerprint density at radius 1 is 1.08 bits per heavy atom. The van der Waals surface area contributed by atoms with Crippen molar-refractivity contribution in [3.63, 3.8) is 0 Å². The van der Waals surface area contributed by atoms with Gasteiger partial charge in [0.15, 0.2) is 0 Å². The first-order chi connectivity index (χ1) is 11.8. The molecule has 2 saturated carbocycles. The van der Waals surface area contributed by atoms with E-state index in [1.807, 2.05) is 0 Å². The minimum absolute atomic E-state index is 0.233. The van der Waals surface area contributed by atoms with Crippen molar-refractivity contribution in [2.24, 2.45) is 5.92 Å². The monoisotopic (exact) mass is 355 g/mol. The van der Waals surface area contributed by atoms with E-state index < -0.39 is 23.3 Å². The maximum absolute atomic E-state index is 13.4. The number of hydrogen-bond acceptors (Lipinski definition) is 3. The molecule has 0 unspecified atom stereocenters. The minimum Gasteiger partial charge on any atom is -0.545 e. The van der Waals surface area contributed by atoms with Crippen LogP contribution in [0.2, 0.25) is 0 Å². The zero-order chi connectivity index (χ0) is 18.1. The highest BCUT2D eigenvalue weighted by molar-refractivity contribution is 5.86. The number of halogens is 3. The third kappa shape index (κ3) is 3.77. The van der Waals surface area contributed by atoms with Crippen molar-refractivity contribution in [3.05, 3.63) is 29.3 Å². The van der Waals surface area contributed by atoms with Gasteiger partial charge in [-0.05, 0) is 56.6 Å². The van der Waals surface area contributed by atoms with Gasteiger partial charge in [0.05, 0.1) is 11.5 Å². The van der Waals surface area contributed by atoms with Gasteiger partial charge in [-0.3, -0.25) is 0 Å². The Morgan fingerprint density at radius 2 is 1.72 bits per heavy atom. The van der Waals surface area contributed by atoms with Crippen molar-refractivity contribution < 1.29 is 27.8 Å². The minimum atomic E-state index is -4.59. The van der Waals surface area contributed by atoms with Gasteiger partial charge >= 0.3 is 6.18 Å². The molecule has 0 bridgehead atoms. The molecule has 2 aliphatic carbocycles. The second kappa shape index (κ2) is 6.89. The van der Waals surface area contributed by atoms with Crippen LogP contribution in [0.15, 0.2) is 18.2 Å². The van der Waals surface area contributed by atoms with E-state index in [1.165, 1.54) is 0 Å². The Kier molecular flexibility index (Phi) is 4.98. The first-order valence-electron chi connectivity index (χ1n) is 8.93. The number of carboxylic acids is 1. The molecule has 0 saturated heterocycles. The van der Waals surface area contributed by atoms with E-state index in [4.69, 9.17) is 4.74 Å². The number of carbonyl (C=O) groups is 1. The summed E-state index contributed by atoms with van der Waals surface area (Å²) in [7, 11) is 0. The topological polar surface area (TPSA) is 49.4 Å². The molecule has 0 aliphatic heterocycles. The third-order valence-electron chi connectivity index (χ3n) is 5.64. The van der Waals surface area contributed by atoms with Crippen LogP contribution in [0.5, 0.6) is 5.75 Å². The molecule has 1 aromatic rings. The summed E-state index contributed by atoms with van der Waals surface area (Å²) in [6, 6.07) is 2.68. The summed E-state index contributed by atoms with van der Waals surface area (Å²) < 4.78 is 46.2. The standard InChI is InChI=1S/C19H23F3O3/c20-19(21,22)15-9-8-13(17(23)24)12-16(15)25-18(10-4-5-11-18)14-6-2-1-3-7-14/h8-9,12,14H,1-7,10-11H2,(H,23,24)/p-1. The molecule has 0 spiro atoms. The van der Waals surface area contributed by atoms with Crippen LogP contribution in [0.4, 0.5) is 13.2 Å². The molecule has 3 rings (SSSR count). The molecule has 3 nitrogen and oxygen atoms in total. The third-order valence-corrected chi connectivity index (χ3v) is 5.64. The molecular formula is C19H22F3O3-. The molecule has 0 N–H and O–H groups in total. The molecule has 138 valence electrons. The lowest BCUT2D eigenvalue weighted by Crippen LogP contribution is -2.42. The van der Waals surface area contributed by atoms with Crippen LogP contribution in [0.1, 0.15) is 73.7 Å². The molecule has 2 aliphatic rings. The smallest absolute Gasteiger partial charge is 0.419 e. The molecule has 0 amide bonds. The van der Waals surface area contributed by atoms with Crippen LogP contribution < -0.4 is 9.84 Å². The van der Waals surface area contributed by atoms with Crippen molar-refractivity contribution in [3.8, 4) is 5.75 Å². The summed E-state index contributed by atoms with van der Waals surface area (Å²) in [5.74, 6) is -1.64. The molecule has 0 heterocycles. The lowest BCUT2D eigenvalue weighted by molar-refractivity contribution is -0.255. The van der Waals surface area contributed by atoms with Gasteiger partial charge in [-0.1, -0.05) is 25.3 Å². The maximum atomic E-state index is 13.4. The van der Waals surface area contributed by atoms with Gasteiger partial charge in [-0.2, -0.15) is 13.2 Å². The van der Waals surface area contributed by atoms with Gasteiger partial charge in [0.1, 0.15) is 11.4 Å². The van der Waals surface area contributed by atoms with Crippen LogP contribution in [0.25, 0.3) is 0 Å². The number of alkyl halides is 3. The summed E-state index contributed by atoms with van der Waals surface area (Å²) >= 11 is 0. The van der Waals surface area contributed by atoms with E-state index in [9.17, 15) is 23.1 Å². The fourth-order valence-electron chi connectivity index (χ4n) is 4.38. The summed E-state index contributed by atoms with van der Waals surface area (Å²) in [4.78, 5) is 11.1. The number of carbonyl (C=O) groups excluding carboxylic acids is 1. The zero-order valence-electron chi connectivity index (χ0n) is 14.0. The highest BCUT2D eigenvalue weighted by Gasteiger charge is 2.45. The van der Waals surface area contributed by atoms with E-state index >= 15 is 0 Å². The molecule has 0 radical (unpaired) electrons. The van der Waals surface area contributed by atoms with Crippen molar-refractivity contribution in [1.82, 2.24) is 0 Å². The number of carboxylic acid groups (broad SMARTS) is 1. The highest BCUT2D eigenvalue weighted by Crippen LogP contribution is 2.48. The van der Waals surface area contributed by atoms with Crippen molar-refractivity contribution >= 4 is 5.97 Å². The van der Waals surface area contributed by atoms with E-state index in [2.05, 4.69) is 0 Å². The molecule has 2 fully saturated rings. The van der Waals surface area contributed by atoms with Crippen molar-refractivity contribution in [1.29, 1.82) is 0 Å². The van der Waals surface area contributed by atoms with Gasteiger partial charge in [-0.15, -0.1) is 0 Å². The molecule has 25 heavy (non-hydrogen) atoms. The van der Waals surface area contributed by atoms with Crippen LogP contribution in [0, 0.1) is 5.92 Å². The number of hydrogen-bond donors (Lipinski definition) is 0. The summed E-state index contributed by atoms with van der Waals surface area (Å²) in [5.41, 5.74) is -1.82. The van der Waals surface area contributed by atoms with Crippen LogP contribution in [0.3, 0.4) is 0 Å². The zero-order valence-corrected chi connectivity index (χ0v) is 14.0. The van der Waals surface area contributed by atoms with E-state index in [0.717, 1.165) is 76.0 Å². The number of benzene rings is 1. The van der Waals surface area contributed by atoms with Crippen molar-refractivity contribution in [2.45, 2.75) is 69.6 Å². The molecule has 0 atom stereocenters. The lowest BCUT2D eigenvalue weighted by atomic mass is 9.75. The summed E-state index contributed by atoms with van der Waals surface area (Å²) in [6.45, 7) is 0. The second-order valence-electron chi connectivity index (χ2n) is 7.21. The van der Waals surface area contributed by atoms with Gasteiger partial charge in [0, 0.05) is 5.56 Å². The molecular weight excluding hydrogens is 333 g/mol. The first kappa shape index (κ1) is 18.1. The van der Waals surface area contributed by atoms with Gasteiger partial charge in [0.25, 0.3) is 0 Å². The Balaban J connectivity index is 1.98. The molecule has 6 heteroatoms. The van der Waals surface area contributed by atoms with Crippen LogP contribution in [-0.4, -0.2) is 11.6 Å². The predicted octanol–water partition coefficient (Wildman–Crippen LogP) is 4.34. The average Bonchev–Trinajstić information content (AvgIpc) is 3.04. The molecule has 1 aromatic carbocycles. The number of aromatic carboxylic acids is 1. The largest absolute Gasteiger partial charge is 0.545 e. The molecule has 0 aromatic heterocycles. The Labute approximate surface area is 145 Å². The van der Waals surface area contributed by atoms with Crippen LogP contribution in [-0.2, 0) is 6.18 Å². The van der Waals surface area contributed by atoms with Crippen LogP contribution >= 0.6 is 0 Å².